The van der Waals surface area contributed by atoms with Gasteiger partial charge >= 0.3 is 0 Å². The van der Waals surface area contributed by atoms with Crippen molar-refractivity contribution in [3.05, 3.63) is 53.9 Å². The molecule has 0 radical (unpaired) electrons. The van der Waals surface area contributed by atoms with Gasteiger partial charge in [-0.05, 0) is 30.3 Å². The van der Waals surface area contributed by atoms with Crippen molar-refractivity contribution in [3.8, 4) is 0 Å². The Morgan fingerprint density at radius 2 is 1.92 bits per heavy atom. The molecule has 0 aliphatic carbocycles. The van der Waals surface area contributed by atoms with E-state index in [0.29, 0.717) is 37.6 Å². The number of amides is 2. The van der Waals surface area contributed by atoms with Gasteiger partial charge in [0.25, 0.3) is 5.91 Å². The minimum Gasteiger partial charge on any atom is -0.378 e. The lowest BCUT2D eigenvalue weighted by Crippen LogP contribution is -2.40. The van der Waals surface area contributed by atoms with Crippen molar-refractivity contribution in [3.63, 3.8) is 0 Å². The number of aromatic nitrogens is 2. The summed E-state index contributed by atoms with van der Waals surface area (Å²) in [5, 5.41) is 6.80. The number of benzene rings is 1. The van der Waals surface area contributed by atoms with Gasteiger partial charge in [0.2, 0.25) is 5.91 Å². The van der Waals surface area contributed by atoms with E-state index < -0.39 is 0 Å². The summed E-state index contributed by atoms with van der Waals surface area (Å²) in [6, 6.07) is 6.89. The average Bonchev–Trinajstić information content (AvgIpc) is 3.06. The first-order chi connectivity index (χ1) is 12.1. The van der Waals surface area contributed by atoms with Crippen molar-refractivity contribution >= 4 is 23.6 Å². The summed E-state index contributed by atoms with van der Waals surface area (Å²) in [5.41, 5.74) is 2.09. The number of hydrogen-bond acceptors (Lipinski definition) is 4. The second-order valence-corrected chi connectivity index (χ2v) is 5.75. The third-order valence-electron chi connectivity index (χ3n) is 3.85. The number of carbonyl (C=O) groups is 2. The topological polar surface area (TPSA) is 76.5 Å². The van der Waals surface area contributed by atoms with Gasteiger partial charge in [-0.15, -0.1) is 0 Å². The number of hydrogen-bond donors (Lipinski definition) is 1. The summed E-state index contributed by atoms with van der Waals surface area (Å²) < 4.78 is 6.92. The zero-order chi connectivity index (χ0) is 17.6. The second-order valence-electron chi connectivity index (χ2n) is 5.75. The number of aryl methyl sites for hydroxylation is 1. The molecule has 1 aliphatic heterocycles. The van der Waals surface area contributed by atoms with Crippen molar-refractivity contribution in [1.29, 1.82) is 0 Å². The molecule has 2 aromatic rings. The highest BCUT2D eigenvalue weighted by molar-refractivity contribution is 6.02. The van der Waals surface area contributed by atoms with Crippen LogP contribution in [0.15, 0.2) is 42.7 Å². The van der Waals surface area contributed by atoms with Crippen LogP contribution in [0.4, 0.5) is 5.69 Å². The van der Waals surface area contributed by atoms with E-state index in [1.54, 1.807) is 46.1 Å². The predicted octanol–water partition coefficient (Wildman–Crippen LogP) is 1.54. The van der Waals surface area contributed by atoms with E-state index in [0.717, 1.165) is 5.56 Å². The van der Waals surface area contributed by atoms with E-state index in [2.05, 4.69) is 10.4 Å². The molecule has 1 saturated heterocycles. The number of anilines is 1. The van der Waals surface area contributed by atoms with Gasteiger partial charge in [0.05, 0.1) is 19.4 Å². The number of morpholine rings is 1. The molecule has 130 valence electrons. The molecule has 0 unspecified atom stereocenters. The van der Waals surface area contributed by atoms with Crippen molar-refractivity contribution < 1.29 is 14.3 Å². The van der Waals surface area contributed by atoms with Gasteiger partial charge in [0, 0.05) is 49.2 Å². The van der Waals surface area contributed by atoms with Crippen LogP contribution >= 0.6 is 0 Å². The smallest absolute Gasteiger partial charge is 0.254 e. The Bertz CT molecular complexity index is 774. The molecule has 0 saturated carbocycles. The van der Waals surface area contributed by atoms with Gasteiger partial charge in [-0.3, -0.25) is 14.3 Å². The maximum atomic E-state index is 12.4. The van der Waals surface area contributed by atoms with Gasteiger partial charge in [0.1, 0.15) is 0 Å². The lowest BCUT2D eigenvalue weighted by Gasteiger charge is -2.26. The molecular formula is C18H20N4O3. The van der Waals surface area contributed by atoms with Gasteiger partial charge in [-0.2, -0.15) is 5.10 Å². The zero-order valence-corrected chi connectivity index (χ0v) is 14.0. The molecule has 1 fully saturated rings. The summed E-state index contributed by atoms with van der Waals surface area (Å²) in [4.78, 5) is 26.1. The largest absolute Gasteiger partial charge is 0.378 e. The SMILES string of the molecule is Cn1cc(/C=C\C(=O)Nc2ccc(C(=O)N3CCOCC3)cc2)cn1. The van der Waals surface area contributed by atoms with Gasteiger partial charge in [0.15, 0.2) is 0 Å². The first kappa shape index (κ1) is 16.9. The summed E-state index contributed by atoms with van der Waals surface area (Å²) in [5.74, 6) is -0.256. The molecule has 1 aliphatic rings. The quantitative estimate of drug-likeness (QED) is 0.857. The second kappa shape index (κ2) is 7.76. The highest BCUT2D eigenvalue weighted by atomic mass is 16.5. The van der Waals surface area contributed by atoms with E-state index in [9.17, 15) is 9.59 Å². The fourth-order valence-electron chi connectivity index (χ4n) is 2.53. The van der Waals surface area contributed by atoms with Gasteiger partial charge in [-0.25, -0.2) is 0 Å². The minimum atomic E-state index is -0.240. The van der Waals surface area contributed by atoms with Crippen LogP contribution in [-0.2, 0) is 16.6 Å². The first-order valence-electron chi connectivity index (χ1n) is 8.06. The van der Waals surface area contributed by atoms with E-state index in [-0.39, 0.29) is 11.8 Å². The lowest BCUT2D eigenvalue weighted by atomic mass is 10.1. The molecule has 1 aromatic carbocycles. The number of carbonyl (C=O) groups excluding carboxylic acids is 2. The summed E-state index contributed by atoms with van der Waals surface area (Å²) in [6.45, 7) is 2.36. The predicted molar refractivity (Wildman–Crippen MR) is 94.0 cm³/mol. The van der Waals surface area contributed by atoms with Crippen molar-refractivity contribution in [2.24, 2.45) is 7.05 Å². The normalized spacial score (nSPS) is 14.7. The fourth-order valence-corrected chi connectivity index (χ4v) is 2.53. The Kier molecular flexibility index (Phi) is 5.25. The van der Waals surface area contributed by atoms with Crippen LogP contribution in [0.3, 0.4) is 0 Å². The Hall–Kier alpha value is -2.93. The van der Waals surface area contributed by atoms with E-state index in [4.69, 9.17) is 4.74 Å². The van der Waals surface area contributed by atoms with Crippen molar-refractivity contribution in [2.75, 3.05) is 31.6 Å². The third-order valence-corrected chi connectivity index (χ3v) is 3.85. The van der Waals surface area contributed by atoms with E-state index in [1.807, 2.05) is 13.2 Å². The molecule has 2 heterocycles. The highest BCUT2D eigenvalue weighted by Gasteiger charge is 2.18. The van der Waals surface area contributed by atoms with E-state index in [1.165, 1.54) is 6.08 Å². The Balaban J connectivity index is 1.57. The minimum absolute atomic E-state index is 0.0161. The Morgan fingerprint density at radius 3 is 2.56 bits per heavy atom. The summed E-state index contributed by atoms with van der Waals surface area (Å²) >= 11 is 0. The van der Waals surface area contributed by atoms with Gasteiger partial charge < -0.3 is 15.0 Å². The molecule has 3 rings (SSSR count). The van der Waals surface area contributed by atoms with Crippen LogP contribution in [0.1, 0.15) is 15.9 Å². The number of nitrogens with one attached hydrogen (secondary N) is 1. The van der Waals surface area contributed by atoms with Crippen molar-refractivity contribution in [1.82, 2.24) is 14.7 Å². The van der Waals surface area contributed by atoms with Crippen LogP contribution < -0.4 is 5.32 Å². The molecule has 7 nitrogen and oxygen atoms in total. The molecule has 1 aromatic heterocycles. The first-order valence-corrected chi connectivity index (χ1v) is 8.06. The molecule has 1 N–H and O–H groups in total. The van der Waals surface area contributed by atoms with Crippen LogP contribution in [0.2, 0.25) is 0 Å². The Morgan fingerprint density at radius 1 is 1.20 bits per heavy atom. The maximum absolute atomic E-state index is 12.4. The van der Waals surface area contributed by atoms with Crippen molar-refractivity contribution in [2.45, 2.75) is 0 Å². The molecule has 0 bridgehead atoms. The number of ether oxygens (including phenoxy) is 1. The van der Waals surface area contributed by atoms with E-state index >= 15 is 0 Å². The maximum Gasteiger partial charge on any atom is 0.254 e. The van der Waals surface area contributed by atoms with Crippen LogP contribution in [0.25, 0.3) is 6.08 Å². The summed E-state index contributed by atoms with van der Waals surface area (Å²) in [7, 11) is 1.82. The monoisotopic (exact) mass is 340 g/mol. The Labute approximate surface area is 145 Å². The molecule has 0 atom stereocenters. The molecule has 2 amide bonds. The van der Waals surface area contributed by atoms with Gasteiger partial charge in [-0.1, -0.05) is 0 Å². The standard InChI is InChI=1S/C18H20N4O3/c1-21-13-14(12-19-21)2-7-17(23)20-16-5-3-15(4-6-16)18(24)22-8-10-25-11-9-22/h2-7,12-13H,8-11H2,1H3,(H,20,23)/b7-2-. The molecule has 7 heteroatoms. The molecule has 25 heavy (non-hydrogen) atoms. The molecule has 0 spiro atoms. The average molecular weight is 340 g/mol. The summed E-state index contributed by atoms with van der Waals surface area (Å²) in [6.07, 6.45) is 6.63. The fraction of sp³-hybridized carbons (Fsp3) is 0.278. The van der Waals surface area contributed by atoms with Crippen LogP contribution in [0, 0.1) is 0 Å². The number of rotatable bonds is 4. The zero-order valence-electron chi connectivity index (χ0n) is 14.0. The number of nitrogens with zero attached hydrogens (tertiary/aromatic N) is 3. The van der Waals surface area contributed by atoms with Crippen LogP contribution in [-0.4, -0.2) is 52.8 Å². The molecular weight excluding hydrogens is 320 g/mol. The lowest BCUT2D eigenvalue weighted by molar-refractivity contribution is -0.111. The van der Waals surface area contributed by atoms with Crippen LogP contribution in [0.5, 0.6) is 0 Å². The highest BCUT2D eigenvalue weighted by Crippen LogP contribution is 2.13. The third kappa shape index (κ3) is 4.54.